The first-order chi connectivity index (χ1) is 12.4. The maximum absolute atomic E-state index is 12.1. The van der Waals surface area contributed by atoms with Crippen LogP contribution >= 0.6 is 0 Å². The van der Waals surface area contributed by atoms with Crippen molar-refractivity contribution in [3.63, 3.8) is 0 Å². The van der Waals surface area contributed by atoms with Gasteiger partial charge in [-0.15, -0.1) is 0 Å². The molecule has 0 spiro atoms. The minimum absolute atomic E-state index is 0.165. The first-order valence-electron chi connectivity index (χ1n) is 8.64. The SMILES string of the molecule is Cc1ccc(O)c(C)c1-c1cn2nc(CC3CC3)nc2c(C(N)=O)c1N. The number of primary amides is 1. The van der Waals surface area contributed by atoms with E-state index >= 15 is 0 Å². The topological polar surface area (TPSA) is 120 Å². The standard InChI is InChI=1S/C19H21N5O2/c1-9-3-6-13(25)10(2)15(9)12-8-24-19(16(17(12)20)18(21)26)22-14(23-24)7-11-4-5-11/h3,6,8,11,25H,4-5,7,20H2,1-2H3,(H2,21,26). The molecule has 1 saturated carbocycles. The lowest BCUT2D eigenvalue weighted by Gasteiger charge is -2.15. The zero-order chi connectivity index (χ0) is 18.6. The summed E-state index contributed by atoms with van der Waals surface area (Å²) in [4.78, 5) is 16.6. The number of nitrogens with two attached hydrogens (primary N) is 2. The van der Waals surface area contributed by atoms with Crippen LogP contribution in [0.4, 0.5) is 5.69 Å². The van der Waals surface area contributed by atoms with E-state index in [1.807, 2.05) is 19.9 Å². The maximum Gasteiger partial charge on any atom is 0.254 e. The van der Waals surface area contributed by atoms with E-state index < -0.39 is 5.91 Å². The average Bonchev–Trinajstić information content (AvgIpc) is 3.30. The average molecular weight is 351 g/mol. The van der Waals surface area contributed by atoms with Crippen molar-refractivity contribution < 1.29 is 9.90 Å². The zero-order valence-electron chi connectivity index (χ0n) is 14.8. The summed E-state index contributed by atoms with van der Waals surface area (Å²) in [6.45, 7) is 3.74. The lowest BCUT2D eigenvalue weighted by molar-refractivity contribution is 0.100. The molecular weight excluding hydrogens is 330 g/mol. The minimum Gasteiger partial charge on any atom is -0.508 e. The Morgan fingerprint density at radius 3 is 2.73 bits per heavy atom. The van der Waals surface area contributed by atoms with Crippen LogP contribution < -0.4 is 11.5 Å². The number of nitrogen functional groups attached to an aromatic ring is 1. The second-order valence-corrected chi connectivity index (χ2v) is 7.04. The van der Waals surface area contributed by atoms with Gasteiger partial charge in [0.15, 0.2) is 11.5 Å². The third kappa shape index (κ3) is 2.56. The Balaban J connectivity index is 2.00. The molecule has 1 aliphatic rings. The molecule has 0 aliphatic heterocycles. The van der Waals surface area contributed by atoms with Crippen molar-refractivity contribution in [2.45, 2.75) is 33.1 Å². The lowest BCUT2D eigenvalue weighted by Crippen LogP contribution is -2.16. The highest BCUT2D eigenvalue weighted by molar-refractivity contribution is 6.07. The van der Waals surface area contributed by atoms with Gasteiger partial charge in [-0.3, -0.25) is 4.79 Å². The van der Waals surface area contributed by atoms with E-state index in [4.69, 9.17) is 11.5 Å². The van der Waals surface area contributed by atoms with Crippen LogP contribution in [-0.2, 0) is 6.42 Å². The monoisotopic (exact) mass is 351 g/mol. The number of aromatic hydroxyl groups is 1. The largest absolute Gasteiger partial charge is 0.508 e. The third-order valence-corrected chi connectivity index (χ3v) is 5.04. The number of nitrogens with zero attached hydrogens (tertiary/aromatic N) is 3. The predicted octanol–water partition coefficient (Wildman–Crippen LogP) is 2.35. The van der Waals surface area contributed by atoms with Gasteiger partial charge in [0.2, 0.25) is 0 Å². The zero-order valence-corrected chi connectivity index (χ0v) is 14.8. The number of hydrogen-bond acceptors (Lipinski definition) is 5. The predicted molar refractivity (Wildman–Crippen MR) is 98.9 cm³/mol. The quantitative estimate of drug-likeness (QED) is 0.666. The lowest BCUT2D eigenvalue weighted by atomic mass is 9.93. The van der Waals surface area contributed by atoms with Gasteiger partial charge < -0.3 is 16.6 Å². The number of carbonyl (C=O) groups excluding carboxylic acids is 1. The van der Waals surface area contributed by atoms with Crippen LogP contribution in [0.25, 0.3) is 16.8 Å². The van der Waals surface area contributed by atoms with E-state index in [2.05, 4.69) is 10.1 Å². The molecule has 0 atom stereocenters. The molecule has 0 bridgehead atoms. The van der Waals surface area contributed by atoms with Crippen LogP contribution in [-0.4, -0.2) is 25.6 Å². The van der Waals surface area contributed by atoms with E-state index in [9.17, 15) is 9.90 Å². The molecule has 0 unspecified atom stereocenters. The van der Waals surface area contributed by atoms with Crippen molar-refractivity contribution >= 4 is 17.2 Å². The summed E-state index contributed by atoms with van der Waals surface area (Å²) in [6.07, 6.45) is 4.93. The Kier molecular flexibility index (Phi) is 3.61. The van der Waals surface area contributed by atoms with Gasteiger partial charge in [-0.25, -0.2) is 9.50 Å². The van der Waals surface area contributed by atoms with Gasteiger partial charge in [-0.05, 0) is 55.4 Å². The van der Waals surface area contributed by atoms with Crippen LogP contribution in [0.2, 0.25) is 0 Å². The second kappa shape index (κ2) is 5.72. The van der Waals surface area contributed by atoms with E-state index in [1.54, 1.807) is 16.8 Å². The minimum atomic E-state index is -0.643. The maximum atomic E-state index is 12.1. The number of amides is 1. The van der Waals surface area contributed by atoms with E-state index in [0.717, 1.165) is 17.5 Å². The van der Waals surface area contributed by atoms with Gasteiger partial charge in [-0.1, -0.05) is 6.07 Å². The fraction of sp³-hybridized carbons (Fsp3) is 0.316. The van der Waals surface area contributed by atoms with Crippen LogP contribution in [0.1, 0.15) is 40.2 Å². The highest BCUT2D eigenvalue weighted by atomic mass is 16.3. The fourth-order valence-electron chi connectivity index (χ4n) is 3.43. The summed E-state index contributed by atoms with van der Waals surface area (Å²) >= 11 is 0. The molecule has 1 amide bonds. The molecule has 134 valence electrons. The number of anilines is 1. The Hall–Kier alpha value is -3.09. The molecular formula is C19H21N5O2. The van der Waals surface area contributed by atoms with E-state index in [0.29, 0.717) is 28.5 Å². The Labute approximate surface area is 150 Å². The Morgan fingerprint density at radius 1 is 1.35 bits per heavy atom. The molecule has 1 aromatic carbocycles. The number of fused-ring (bicyclic) bond motifs is 1. The molecule has 7 nitrogen and oxygen atoms in total. The van der Waals surface area contributed by atoms with Crippen molar-refractivity contribution in [1.29, 1.82) is 0 Å². The number of carbonyl (C=O) groups is 1. The number of rotatable bonds is 4. The van der Waals surface area contributed by atoms with Gasteiger partial charge in [0.25, 0.3) is 5.91 Å². The number of phenols is 1. The van der Waals surface area contributed by atoms with E-state index in [-0.39, 0.29) is 17.0 Å². The molecule has 26 heavy (non-hydrogen) atoms. The summed E-state index contributed by atoms with van der Waals surface area (Å²) in [5, 5.41) is 14.6. The summed E-state index contributed by atoms with van der Waals surface area (Å²) in [6, 6.07) is 3.45. The molecule has 0 radical (unpaired) electrons. The molecule has 7 heteroatoms. The summed E-state index contributed by atoms with van der Waals surface area (Å²) < 4.78 is 1.58. The van der Waals surface area contributed by atoms with Crippen LogP contribution in [0, 0.1) is 19.8 Å². The highest BCUT2D eigenvalue weighted by Gasteiger charge is 2.26. The molecule has 3 aromatic rings. The first kappa shape index (κ1) is 16.4. The van der Waals surface area contributed by atoms with Crippen LogP contribution in [0.15, 0.2) is 18.3 Å². The van der Waals surface area contributed by atoms with Crippen molar-refractivity contribution in [1.82, 2.24) is 14.6 Å². The summed E-state index contributed by atoms with van der Waals surface area (Å²) in [5.74, 6) is 0.835. The number of aromatic nitrogens is 3. The van der Waals surface area contributed by atoms with Gasteiger partial charge in [0, 0.05) is 18.2 Å². The van der Waals surface area contributed by atoms with Gasteiger partial charge in [-0.2, -0.15) is 5.10 Å². The van der Waals surface area contributed by atoms with Gasteiger partial charge in [0.1, 0.15) is 11.3 Å². The third-order valence-electron chi connectivity index (χ3n) is 5.04. The molecule has 4 rings (SSSR count). The van der Waals surface area contributed by atoms with Gasteiger partial charge in [0.05, 0.1) is 5.69 Å². The number of pyridine rings is 1. The fourth-order valence-corrected chi connectivity index (χ4v) is 3.43. The Morgan fingerprint density at radius 2 is 2.08 bits per heavy atom. The second-order valence-electron chi connectivity index (χ2n) is 7.04. The number of aryl methyl sites for hydroxylation is 1. The molecule has 1 aliphatic carbocycles. The van der Waals surface area contributed by atoms with Crippen molar-refractivity contribution in [2.75, 3.05) is 5.73 Å². The van der Waals surface area contributed by atoms with Crippen LogP contribution in [0.3, 0.4) is 0 Å². The normalized spacial score (nSPS) is 14.1. The molecule has 2 aromatic heterocycles. The Bertz CT molecular complexity index is 1050. The van der Waals surface area contributed by atoms with Crippen molar-refractivity contribution in [3.8, 4) is 16.9 Å². The first-order valence-corrected chi connectivity index (χ1v) is 8.64. The molecule has 5 N–H and O–H groups in total. The molecule has 0 saturated heterocycles. The molecule has 1 fully saturated rings. The number of phenolic OH excluding ortho intramolecular Hbond substituents is 1. The van der Waals surface area contributed by atoms with Crippen molar-refractivity contribution in [3.05, 3.63) is 40.8 Å². The van der Waals surface area contributed by atoms with Crippen LogP contribution in [0.5, 0.6) is 5.75 Å². The summed E-state index contributed by atoms with van der Waals surface area (Å²) in [7, 11) is 0. The molecule has 2 heterocycles. The number of hydrogen-bond donors (Lipinski definition) is 3. The van der Waals surface area contributed by atoms with Crippen molar-refractivity contribution in [2.24, 2.45) is 11.7 Å². The van der Waals surface area contributed by atoms with E-state index in [1.165, 1.54) is 12.8 Å². The smallest absolute Gasteiger partial charge is 0.254 e. The number of benzene rings is 1. The summed E-state index contributed by atoms with van der Waals surface area (Å²) in [5.41, 5.74) is 15.7. The highest BCUT2D eigenvalue weighted by Crippen LogP contribution is 2.38. The van der Waals surface area contributed by atoms with Gasteiger partial charge >= 0.3 is 0 Å².